The highest BCUT2D eigenvalue weighted by molar-refractivity contribution is 7.91. The van der Waals surface area contributed by atoms with Crippen molar-refractivity contribution >= 4 is 9.84 Å². The molecule has 2 saturated carbocycles. The first kappa shape index (κ1) is 14.8. The third-order valence-corrected chi connectivity index (χ3v) is 7.16. The van der Waals surface area contributed by atoms with E-state index in [4.69, 9.17) is 9.47 Å². The van der Waals surface area contributed by atoms with Crippen LogP contribution in [-0.4, -0.2) is 57.9 Å². The Kier molecular flexibility index (Phi) is 3.86. The van der Waals surface area contributed by atoms with Gasteiger partial charge in [0.15, 0.2) is 9.84 Å². The third kappa shape index (κ3) is 2.30. The van der Waals surface area contributed by atoms with Gasteiger partial charge in [-0.3, -0.25) is 0 Å². The molecule has 2 unspecified atom stereocenters. The molecule has 1 spiro atoms. The zero-order chi connectivity index (χ0) is 14.4. The fourth-order valence-electron chi connectivity index (χ4n) is 4.13. The van der Waals surface area contributed by atoms with Gasteiger partial charge in [0.2, 0.25) is 0 Å². The van der Waals surface area contributed by atoms with E-state index >= 15 is 0 Å². The first-order chi connectivity index (χ1) is 9.51. The van der Waals surface area contributed by atoms with Gasteiger partial charge >= 0.3 is 0 Å². The van der Waals surface area contributed by atoms with Crippen LogP contribution >= 0.6 is 0 Å². The van der Waals surface area contributed by atoms with Crippen molar-refractivity contribution in [3.8, 4) is 0 Å². The Labute approximate surface area is 121 Å². The SMILES string of the molecule is CCOC1CC(N[C@@H]2CS(=O)(=O)C[C@@H]2OC)C12CCC2. The van der Waals surface area contributed by atoms with Crippen LogP contribution in [0, 0.1) is 5.41 Å². The molecule has 1 heterocycles. The molecule has 0 bridgehead atoms. The van der Waals surface area contributed by atoms with Gasteiger partial charge in [-0.05, 0) is 26.2 Å². The Morgan fingerprint density at radius 2 is 2.05 bits per heavy atom. The summed E-state index contributed by atoms with van der Waals surface area (Å²) < 4.78 is 34.7. The Bertz CT molecular complexity index is 460. The van der Waals surface area contributed by atoms with Crippen LogP contribution in [0.1, 0.15) is 32.6 Å². The van der Waals surface area contributed by atoms with E-state index in [2.05, 4.69) is 5.32 Å². The van der Waals surface area contributed by atoms with Gasteiger partial charge in [-0.25, -0.2) is 8.42 Å². The molecular formula is C14H25NO4S. The van der Waals surface area contributed by atoms with E-state index < -0.39 is 9.84 Å². The number of methoxy groups -OCH3 is 1. The average Bonchev–Trinajstić information content (AvgIpc) is 2.60. The molecule has 116 valence electrons. The highest BCUT2D eigenvalue weighted by Gasteiger charge is 2.59. The molecule has 2 aliphatic carbocycles. The lowest BCUT2D eigenvalue weighted by Gasteiger charge is -2.61. The van der Waals surface area contributed by atoms with Gasteiger partial charge in [0, 0.05) is 31.2 Å². The summed E-state index contributed by atoms with van der Waals surface area (Å²) in [5, 5.41) is 3.57. The van der Waals surface area contributed by atoms with Crippen molar-refractivity contribution in [2.75, 3.05) is 25.2 Å². The maximum Gasteiger partial charge on any atom is 0.154 e. The molecule has 4 atom stereocenters. The van der Waals surface area contributed by atoms with Crippen LogP contribution in [0.2, 0.25) is 0 Å². The number of ether oxygens (including phenoxy) is 2. The standard InChI is InChI=1S/C14H25NO4S/c1-3-19-13-7-12(14(13)5-4-6-14)15-10-8-20(16,17)9-11(10)18-2/h10-13,15H,3-9H2,1-2H3/t10-,11+,12?,13?/m1/s1. The van der Waals surface area contributed by atoms with E-state index in [1.807, 2.05) is 6.92 Å². The summed E-state index contributed by atoms with van der Waals surface area (Å²) >= 11 is 0. The molecule has 0 aromatic carbocycles. The van der Waals surface area contributed by atoms with Crippen LogP contribution in [-0.2, 0) is 19.3 Å². The van der Waals surface area contributed by atoms with E-state index in [1.165, 1.54) is 19.3 Å². The van der Waals surface area contributed by atoms with Crippen molar-refractivity contribution in [1.29, 1.82) is 0 Å². The van der Waals surface area contributed by atoms with Crippen LogP contribution < -0.4 is 5.32 Å². The molecule has 0 aromatic heterocycles. The zero-order valence-corrected chi connectivity index (χ0v) is 13.1. The van der Waals surface area contributed by atoms with Gasteiger partial charge in [-0.2, -0.15) is 0 Å². The summed E-state index contributed by atoms with van der Waals surface area (Å²) in [5.41, 5.74) is 0.265. The summed E-state index contributed by atoms with van der Waals surface area (Å²) in [4.78, 5) is 0. The molecule has 1 aliphatic heterocycles. The minimum absolute atomic E-state index is 0.0601. The second-order valence-corrected chi connectivity index (χ2v) is 8.60. The summed E-state index contributed by atoms with van der Waals surface area (Å²) in [7, 11) is -1.35. The Hall–Kier alpha value is -0.170. The van der Waals surface area contributed by atoms with Crippen molar-refractivity contribution in [3.63, 3.8) is 0 Å². The van der Waals surface area contributed by atoms with E-state index in [9.17, 15) is 8.42 Å². The van der Waals surface area contributed by atoms with E-state index in [0.717, 1.165) is 13.0 Å². The zero-order valence-electron chi connectivity index (χ0n) is 12.3. The van der Waals surface area contributed by atoms with Crippen molar-refractivity contribution in [3.05, 3.63) is 0 Å². The molecular weight excluding hydrogens is 278 g/mol. The number of sulfone groups is 1. The van der Waals surface area contributed by atoms with Crippen LogP contribution in [0.15, 0.2) is 0 Å². The second kappa shape index (κ2) is 5.23. The van der Waals surface area contributed by atoms with Crippen molar-refractivity contribution < 1.29 is 17.9 Å². The lowest BCUT2D eigenvalue weighted by molar-refractivity contribution is -0.176. The van der Waals surface area contributed by atoms with Gasteiger partial charge in [0.25, 0.3) is 0 Å². The summed E-state index contributed by atoms with van der Waals surface area (Å²) in [6, 6.07) is 0.332. The summed E-state index contributed by atoms with van der Waals surface area (Å²) in [5.74, 6) is 0.354. The lowest BCUT2D eigenvalue weighted by atomic mass is 9.51. The normalized spacial score (nSPS) is 41.3. The van der Waals surface area contributed by atoms with Gasteiger partial charge in [0.1, 0.15) is 0 Å². The minimum atomic E-state index is -2.95. The van der Waals surface area contributed by atoms with Gasteiger partial charge in [-0.15, -0.1) is 0 Å². The molecule has 20 heavy (non-hydrogen) atoms. The first-order valence-corrected chi connectivity index (χ1v) is 9.44. The van der Waals surface area contributed by atoms with Gasteiger partial charge in [-0.1, -0.05) is 6.42 Å². The van der Waals surface area contributed by atoms with Crippen molar-refractivity contribution in [2.24, 2.45) is 5.41 Å². The predicted octanol–water partition coefficient (Wildman–Crippen LogP) is 0.736. The Morgan fingerprint density at radius 3 is 2.60 bits per heavy atom. The molecule has 3 rings (SSSR count). The van der Waals surface area contributed by atoms with Crippen LogP contribution in [0.25, 0.3) is 0 Å². The largest absolute Gasteiger partial charge is 0.379 e. The van der Waals surface area contributed by atoms with E-state index in [0.29, 0.717) is 12.1 Å². The molecule has 0 amide bonds. The number of nitrogens with one attached hydrogen (secondary N) is 1. The molecule has 0 radical (unpaired) electrons. The van der Waals surface area contributed by atoms with Crippen LogP contribution in [0.5, 0.6) is 0 Å². The first-order valence-electron chi connectivity index (χ1n) is 7.61. The third-order valence-electron chi connectivity index (χ3n) is 5.46. The molecule has 1 N–H and O–H groups in total. The average molecular weight is 303 g/mol. The number of hydrogen-bond donors (Lipinski definition) is 1. The summed E-state index contributed by atoms with van der Waals surface area (Å²) in [6.07, 6.45) is 4.82. The molecule has 6 heteroatoms. The topological polar surface area (TPSA) is 64.6 Å². The number of hydrogen-bond acceptors (Lipinski definition) is 5. The Morgan fingerprint density at radius 1 is 1.30 bits per heavy atom. The van der Waals surface area contributed by atoms with E-state index in [-0.39, 0.29) is 29.1 Å². The van der Waals surface area contributed by atoms with Gasteiger partial charge < -0.3 is 14.8 Å². The molecule has 3 fully saturated rings. The van der Waals surface area contributed by atoms with E-state index in [1.54, 1.807) is 7.11 Å². The molecule has 5 nitrogen and oxygen atoms in total. The highest BCUT2D eigenvalue weighted by atomic mass is 32.2. The fraction of sp³-hybridized carbons (Fsp3) is 1.00. The van der Waals surface area contributed by atoms with Gasteiger partial charge in [0.05, 0.1) is 23.7 Å². The maximum absolute atomic E-state index is 11.8. The van der Waals surface area contributed by atoms with Crippen molar-refractivity contribution in [1.82, 2.24) is 5.32 Å². The summed E-state index contributed by atoms with van der Waals surface area (Å²) in [6.45, 7) is 2.80. The van der Waals surface area contributed by atoms with Crippen LogP contribution in [0.4, 0.5) is 0 Å². The predicted molar refractivity (Wildman–Crippen MR) is 76.5 cm³/mol. The number of rotatable bonds is 5. The smallest absolute Gasteiger partial charge is 0.154 e. The molecule has 0 aromatic rings. The fourth-order valence-corrected chi connectivity index (χ4v) is 6.00. The molecule has 1 saturated heterocycles. The second-order valence-electron chi connectivity index (χ2n) is 6.44. The lowest BCUT2D eigenvalue weighted by Crippen LogP contribution is -2.69. The van der Waals surface area contributed by atoms with Crippen LogP contribution in [0.3, 0.4) is 0 Å². The monoisotopic (exact) mass is 303 g/mol. The molecule has 3 aliphatic rings. The van der Waals surface area contributed by atoms with Crippen molar-refractivity contribution in [2.45, 2.75) is 56.9 Å². The minimum Gasteiger partial charge on any atom is -0.379 e. The highest BCUT2D eigenvalue weighted by Crippen LogP contribution is 2.57. The quantitative estimate of drug-likeness (QED) is 0.811. The Balaban J connectivity index is 1.64. The maximum atomic E-state index is 11.8.